The molecule has 0 atom stereocenters. The summed E-state index contributed by atoms with van der Waals surface area (Å²) in [4.78, 5) is 36.3. The molecule has 2 amide bonds. The van der Waals surface area contributed by atoms with Crippen LogP contribution in [0.2, 0.25) is 0 Å². The van der Waals surface area contributed by atoms with Crippen LogP contribution in [0.15, 0.2) is 72.8 Å². The molecule has 2 aromatic rings. The number of carbonyl (C=O) groups excluding carboxylic acids is 3. The summed E-state index contributed by atoms with van der Waals surface area (Å²) in [6.07, 6.45) is 6.05. The molecule has 1 aliphatic heterocycles. The van der Waals surface area contributed by atoms with Gasteiger partial charge in [-0.3, -0.25) is 9.59 Å². The van der Waals surface area contributed by atoms with Crippen molar-refractivity contribution < 1.29 is 19.1 Å². The zero-order chi connectivity index (χ0) is 17.6. The lowest BCUT2D eigenvalue weighted by atomic mass is 10.2. The fraction of sp³-hybridized carbons (Fsp3) is 0.0500. The van der Waals surface area contributed by atoms with Gasteiger partial charge in [-0.2, -0.15) is 0 Å². The molecule has 0 unspecified atom stereocenters. The number of rotatable bonds is 5. The lowest BCUT2D eigenvalue weighted by Crippen LogP contribution is -2.29. The zero-order valence-corrected chi connectivity index (χ0v) is 13.3. The van der Waals surface area contributed by atoms with Crippen LogP contribution in [-0.4, -0.2) is 24.4 Å². The molecule has 0 radical (unpaired) electrons. The maximum atomic E-state index is 12.0. The molecule has 2 aromatic carbocycles. The van der Waals surface area contributed by atoms with Crippen molar-refractivity contribution in [2.24, 2.45) is 0 Å². The molecule has 25 heavy (non-hydrogen) atoms. The minimum atomic E-state index is -0.471. The van der Waals surface area contributed by atoms with E-state index in [1.165, 1.54) is 24.3 Å². The van der Waals surface area contributed by atoms with E-state index in [1.807, 2.05) is 36.4 Å². The minimum Gasteiger partial charge on any atom is -0.458 e. The first-order valence-corrected chi connectivity index (χ1v) is 7.70. The Hall–Kier alpha value is -3.47. The first-order valence-electron chi connectivity index (χ1n) is 7.70. The van der Waals surface area contributed by atoms with Gasteiger partial charge in [0.1, 0.15) is 6.61 Å². The van der Waals surface area contributed by atoms with Gasteiger partial charge >= 0.3 is 5.97 Å². The van der Waals surface area contributed by atoms with Crippen LogP contribution < -0.4 is 4.90 Å². The van der Waals surface area contributed by atoms with Crippen molar-refractivity contribution in [2.75, 3.05) is 11.5 Å². The van der Waals surface area contributed by atoms with E-state index in [2.05, 4.69) is 0 Å². The maximum absolute atomic E-state index is 12.0. The second kappa shape index (κ2) is 7.40. The molecule has 0 saturated heterocycles. The molecule has 0 N–H and O–H groups in total. The molecule has 0 fully saturated rings. The monoisotopic (exact) mass is 333 g/mol. The van der Waals surface area contributed by atoms with Crippen LogP contribution in [-0.2, 0) is 14.3 Å². The van der Waals surface area contributed by atoms with E-state index in [1.54, 1.807) is 18.2 Å². The summed E-state index contributed by atoms with van der Waals surface area (Å²) in [5, 5.41) is 0. The Morgan fingerprint density at radius 2 is 1.56 bits per heavy atom. The van der Waals surface area contributed by atoms with E-state index in [-0.39, 0.29) is 6.61 Å². The van der Waals surface area contributed by atoms with Crippen LogP contribution in [0, 0.1) is 0 Å². The summed E-state index contributed by atoms with van der Waals surface area (Å²) in [5.41, 5.74) is 1.79. The largest absolute Gasteiger partial charge is 0.458 e. The van der Waals surface area contributed by atoms with Crippen LogP contribution in [0.5, 0.6) is 0 Å². The molecule has 0 bridgehead atoms. The number of carbonyl (C=O) groups is 3. The molecule has 1 aliphatic rings. The van der Waals surface area contributed by atoms with Crippen molar-refractivity contribution >= 4 is 29.5 Å². The van der Waals surface area contributed by atoms with Crippen LogP contribution in [0.1, 0.15) is 15.9 Å². The van der Waals surface area contributed by atoms with Gasteiger partial charge in [-0.25, -0.2) is 9.69 Å². The van der Waals surface area contributed by atoms with E-state index in [4.69, 9.17) is 4.74 Å². The SMILES string of the molecule is O=C(OC/C=C/c1ccccc1)c1ccc(N2C(=O)C=CC2=O)cc1. The standard InChI is InChI=1S/C20H15NO4/c22-18-12-13-19(23)21(18)17-10-8-16(9-11-17)20(24)25-14-4-7-15-5-2-1-3-6-15/h1-13H,14H2/b7-4+. The van der Waals surface area contributed by atoms with E-state index in [9.17, 15) is 14.4 Å². The molecular formula is C20H15NO4. The van der Waals surface area contributed by atoms with Crippen LogP contribution in [0.3, 0.4) is 0 Å². The second-order valence-corrected chi connectivity index (χ2v) is 5.30. The van der Waals surface area contributed by atoms with Crippen molar-refractivity contribution in [3.63, 3.8) is 0 Å². The Morgan fingerprint density at radius 1 is 0.920 bits per heavy atom. The first kappa shape index (κ1) is 16.4. The van der Waals surface area contributed by atoms with E-state index < -0.39 is 17.8 Å². The van der Waals surface area contributed by atoms with Gasteiger partial charge in [-0.05, 0) is 35.9 Å². The average Bonchev–Trinajstić information content (AvgIpc) is 2.98. The maximum Gasteiger partial charge on any atom is 0.338 e. The van der Waals surface area contributed by atoms with E-state index >= 15 is 0 Å². The third kappa shape index (κ3) is 3.90. The highest BCUT2D eigenvalue weighted by atomic mass is 16.5. The third-order valence-electron chi connectivity index (χ3n) is 3.59. The molecule has 0 aliphatic carbocycles. The highest BCUT2D eigenvalue weighted by molar-refractivity contribution is 6.28. The van der Waals surface area contributed by atoms with Crippen LogP contribution in [0.25, 0.3) is 6.08 Å². The van der Waals surface area contributed by atoms with E-state index in [0.717, 1.165) is 10.5 Å². The summed E-state index contributed by atoms with van der Waals surface area (Å²) < 4.78 is 5.17. The number of hydrogen-bond donors (Lipinski definition) is 0. The molecule has 0 spiro atoms. The predicted molar refractivity (Wildman–Crippen MR) is 93.8 cm³/mol. The zero-order valence-electron chi connectivity index (χ0n) is 13.3. The van der Waals surface area contributed by atoms with Gasteiger partial charge < -0.3 is 4.74 Å². The Kier molecular flexibility index (Phi) is 4.85. The molecule has 124 valence electrons. The van der Waals surface area contributed by atoms with Gasteiger partial charge in [0.2, 0.25) is 0 Å². The van der Waals surface area contributed by atoms with Crippen LogP contribution >= 0.6 is 0 Å². The summed E-state index contributed by atoms with van der Waals surface area (Å²) in [5.74, 6) is -1.26. The molecule has 3 rings (SSSR count). The lowest BCUT2D eigenvalue weighted by Gasteiger charge is -2.13. The molecule has 1 heterocycles. The van der Waals surface area contributed by atoms with Crippen molar-refractivity contribution in [1.82, 2.24) is 0 Å². The Balaban J connectivity index is 1.57. The number of amides is 2. The Bertz CT molecular complexity index is 833. The first-order chi connectivity index (χ1) is 12.1. The predicted octanol–water partition coefficient (Wildman–Crippen LogP) is 2.99. The van der Waals surface area contributed by atoms with Gasteiger partial charge in [0.05, 0.1) is 11.3 Å². The van der Waals surface area contributed by atoms with Gasteiger partial charge in [0, 0.05) is 12.2 Å². The highest BCUT2D eigenvalue weighted by Gasteiger charge is 2.25. The Morgan fingerprint density at radius 3 is 2.20 bits per heavy atom. The number of imide groups is 1. The number of nitrogens with zero attached hydrogens (tertiary/aromatic N) is 1. The lowest BCUT2D eigenvalue weighted by molar-refractivity contribution is -0.119. The van der Waals surface area contributed by atoms with Gasteiger partial charge in [-0.1, -0.05) is 36.4 Å². The molecular weight excluding hydrogens is 318 g/mol. The second-order valence-electron chi connectivity index (χ2n) is 5.30. The highest BCUT2D eigenvalue weighted by Crippen LogP contribution is 2.19. The fourth-order valence-corrected chi connectivity index (χ4v) is 2.36. The smallest absolute Gasteiger partial charge is 0.338 e. The Labute approximate surface area is 144 Å². The number of ether oxygens (including phenoxy) is 1. The molecule has 0 aromatic heterocycles. The van der Waals surface area contributed by atoms with Crippen molar-refractivity contribution in [3.8, 4) is 0 Å². The number of esters is 1. The summed E-state index contributed by atoms with van der Waals surface area (Å²) in [7, 11) is 0. The third-order valence-corrected chi connectivity index (χ3v) is 3.59. The van der Waals surface area contributed by atoms with Crippen molar-refractivity contribution in [1.29, 1.82) is 0 Å². The minimum absolute atomic E-state index is 0.155. The quantitative estimate of drug-likeness (QED) is 0.623. The topological polar surface area (TPSA) is 63.7 Å². The summed E-state index contributed by atoms with van der Waals surface area (Å²) in [6, 6.07) is 15.8. The van der Waals surface area contributed by atoms with Gasteiger partial charge in [0.15, 0.2) is 0 Å². The fourth-order valence-electron chi connectivity index (χ4n) is 2.36. The van der Waals surface area contributed by atoms with Gasteiger partial charge in [0.25, 0.3) is 11.8 Å². The van der Waals surface area contributed by atoms with Crippen LogP contribution in [0.4, 0.5) is 5.69 Å². The molecule has 5 heteroatoms. The molecule has 5 nitrogen and oxygen atoms in total. The summed E-state index contributed by atoms with van der Waals surface area (Å²) >= 11 is 0. The van der Waals surface area contributed by atoms with E-state index in [0.29, 0.717) is 11.3 Å². The number of anilines is 1. The van der Waals surface area contributed by atoms with Gasteiger partial charge in [-0.15, -0.1) is 0 Å². The van der Waals surface area contributed by atoms with Crippen molar-refractivity contribution in [3.05, 3.63) is 84.0 Å². The van der Waals surface area contributed by atoms with Crippen molar-refractivity contribution in [2.45, 2.75) is 0 Å². The number of hydrogen-bond acceptors (Lipinski definition) is 4. The average molecular weight is 333 g/mol. The summed E-state index contributed by atoms with van der Waals surface area (Å²) in [6.45, 7) is 0.155. The number of benzene rings is 2. The molecule has 0 saturated carbocycles. The normalized spacial score (nSPS) is 13.7.